The predicted molar refractivity (Wildman–Crippen MR) is 78.5 cm³/mol. The zero-order chi connectivity index (χ0) is 14.8. The van der Waals surface area contributed by atoms with Crippen LogP contribution in [0.15, 0.2) is 28.8 Å². The van der Waals surface area contributed by atoms with E-state index in [2.05, 4.69) is 36.2 Å². The van der Waals surface area contributed by atoms with Crippen molar-refractivity contribution in [2.45, 2.75) is 26.9 Å². The van der Waals surface area contributed by atoms with Crippen molar-refractivity contribution in [1.29, 1.82) is 0 Å². The molecule has 0 saturated carbocycles. The number of aromatic nitrogens is 2. The third kappa shape index (κ3) is 2.82. The average molecular weight is 275 g/mol. The fraction of sp³-hybridized carbons (Fsp3) is 0.467. The van der Waals surface area contributed by atoms with Gasteiger partial charge in [-0.05, 0) is 17.5 Å². The van der Waals surface area contributed by atoms with Gasteiger partial charge in [0.25, 0.3) is 5.89 Å². The van der Waals surface area contributed by atoms with Crippen molar-refractivity contribution < 1.29 is 9.26 Å². The van der Waals surface area contributed by atoms with E-state index >= 15 is 0 Å². The van der Waals surface area contributed by atoms with Gasteiger partial charge < -0.3 is 14.6 Å². The van der Waals surface area contributed by atoms with Gasteiger partial charge in [-0.3, -0.25) is 0 Å². The summed E-state index contributed by atoms with van der Waals surface area (Å²) >= 11 is 0. The van der Waals surface area contributed by atoms with Crippen molar-refractivity contribution in [1.82, 2.24) is 10.1 Å². The number of nitrogens with zero attached hydrogens (tertiary/aromatic N) is 2. The molecule has 0 fully saturated rings. The predicted octanol–water partition coefficient (Wildman–Crippen LogP) is 3.51. The summed E-state index contributed by atoms with van der Waals surface area (Å²) in [6.07, 6.45) is -0.207. The van der Waals surface area contributed by atoms with Crippen LogP contribution in [0.1, 0.15) is 32.7 Å². The van der Waals surface area contributed by atoms with Crippen LogP contribution in [0, 0.1) is 5.41 Å². The summed E-state index contributed by atoms with van der Waals surface area (Å²) in [5.41, 5.74) is 1.74. The average Bonchev–Trinajstić information content (AvgIpc) is 2.87. The highest BCUT2D eigenvalue weighted by Crippen LogP contribution is 2.35. The number of ether oxygens (including phenoxy) is 1. The van der Waals surface area contributed by atoms with Gasteiger partial charge in [0.15, 0.2) is 0 Å². The number of anilines is 1. The molecule has 5 nitrogen and oxygen atoms in total. The van der Waals surface area contributed by atoms with Crippen LogP contribution in [-0.4, -0.2) is 24.3 Å². The molecular weight excluding hydrogens is 254 g/mol. The minimum Gasteiger partial charge on any atom is -0.387 e. The highest BCUT2D eigenvalue weighted by atomic mass is 16.5. The zero-order valence-corrected chi connectivity index (χ0v) is 12.6. The van der Waals surface area contributed by atoms with Gasteiger partial charge in [0, 0.05) is 19.8 Å². The standard InChI is InChI=1S/C15H21N3O2/c1-15(2,3)12(19-5)13-17-14(20-18-13)10-8-6-7-9-11(10)16-4/h6-9,12,16H,1-5H3. The van der Waals surface area contributed by atoms with Crippen LogP contribution in [0.3, 0.4) is 0 Å². The fourth-order valence-corrected chi connectivity index (χ4v) is 2.18. The van der Waals surface area contributed by atoms with Crippen LogP contribution < -0.4 is 5.32 Å². The molecule has 2 aromatic rings. The van der Waals surface area contributed by atoms with Gasteiger partial charge in [0.05, 0.1) is 5.56 Å². The quantitative estimate of drug-likeness (QED) is 0.925. The normalized spacial score (nSPS) is 13.2. The summed E-state index contributed by atoms with van der Waals surface area (Å²) in [5, 5.41) is 7.18. The summed E-state index contributed by atoms with van der Waals surface area (Å²) in [6.45, 7) is 6.25. The molecule has 0 bridgehead atoms. The van der Waals surface area contributed by atoms with Crippen LogP contribution in [0.25, 0.3) is 11.5 Å². The number of hydrogen-bond acceptors (Lipinski definition) is 5. The largest absolute Gasteiger partial charge is 0.387 e. The number of benzene rings is 1. The molecule has 0 amide bonds. The Morgan fingerprint density at radius 1 is 1.25 bits per heavy atom. The molecule has 1 aromatic carbocycles. The van der Waals surface area contributed by atoms with Gasteiger partial charge in [0.1, 0.15) is 6.10 Å². The smallest absolute Gasteiger partial charge is 0.260 e. The van der Waals surface area contributed by atoms with Crippen molar-refractivity contribution in [2.24, 2.45) is 5.41 Å². The molecule has 0 radical (unpaired) electrons. The maximum atomic E-state index is 5.51. The lowest BCUT2D eigenvalue weighted by atomic mass is 9.88. The van der Waals surface area contributed by atoms with E-state index in [1.807, 2.05) is 31.3 Å². The van der Waals surface area contributed by atoms with E-state index in [-0.39, 0.29) is 11.5 Å². The first kappa shape index (κ1) is 14.5. The summed E-state index contributed by atoms with van der Waals surface area (Å²) < 4.78 is 10.9. The number of para-hydroxylation sites is 1. The minimum absolute atomic E-state index is 0.0988. The topological polar surface area (TPSA) is 60.2 Å². The van der Waals surface area contributed by atoms with Gasteiger partial charge >= 0.3 is 0 Å². The maximum absolute atomic E-state index is 5.51. The van der Waals surface area contributed by atoms with E-state index in [0.29, 0.717) is 11.7 Å². The van der Waals surface area contributed by atoms with E-state index in [9.17, 15) is 0 Å². The SMILES string of the molecule is CNc1ccccc1-c1nc(C(OC)C(C)(C)C)no1. The van der Waals surface area contributed by atoms with E-state index in [1.54, 1.807) is 7.11 Å². The Bertz CT molecular complexity index is 572. The molecule has 20 heavy (non-hydrogen) atoms. The van der Waals surface area contributed by atoms with Crippen molar-refractivity contribution in [3.05, 3.63) is 30.1 Å². The fourth-order valence-electron chi connectivity index (χ4n) is 2.18. The molecule has 1 atom stereocenters. The second kappa shape index (κ2) is 5.63. The zero-order valence-electron chi connectivity index (χ0n) is 12.6. The van der Waals surface area contributed by atoms with Gasteiger partial charge in [-0.1, -0.05) is 38.1 Å². The molecule has 0 aliphatic rings. The maximum Gasteiger partial charge on any atom is 0.260 e. The van der Waals surface area contributed by atoms with Crippen LogP contribution in [0.4, 0.5) is 5.69 Å². The molecule has 2 rings (SSSR count). The molecule has 0 spiro atoms. The summed E-state index contributed by atoms with van der Waals surface area (Å²) in [7, 11) is 3.52. The van der Waals surface area contributed by atoms with Gasteiger partial charge in [-0.25, -0.2) is 0 Å². The third-order valence-electron chi connectivity index (χ3n) is 3.13. The molecule has 1 N–H and O–H groups in total. The van der Waals surface area contributed by atoms with Crippen molar-refractivity contribution in [3.8, 4) is 11.5 Å². The first-order valence-corrected chi connectivity index (χ1v) is 6.61. The van der Waals surface area contributed by atoms with Crippen LogP contribution in [0.2, 0.25) is 0 Å². The van der Waals surface area contributed by atoms with E-state index in [0.717, 1.165) is 11.3 Å². The molecule has 0 aliphatic carbocycles. The lowest BCUT2D eigenvalue weighted by molar-refractivity contribution is 0.00718. The Morgan fingerprint density at radius 2 is 1.95 bits per heavy atom. The molecule has 1 unspecified atom stereocenters. The molecule has 1 aromatic heterocycles. The van der Waals surface area contributed by atoms with Crippen LogP contribution >= 0.6 is 0 Å². The van der Waals surface area contributed by atoms with Gasteiger partial charge in [-0.2, -0.15) is 4.98 Å². The van der Waals surface area contributed by atoms with Gasteiger partial charge in [-0.15, -0.1) is 0 Å². The summed E-state index contributed by atoms with van der Waals surface area (Å²) in [4.78, 5) is 4.48. The highest BCUT2D eigenvalue weighted by molar-refractivity contribution is 5.72. The summed E-state index contributed by atoms with van der Waals surface area (Å²) in [6, 6.07) is 7.82. The Kier molecular flexibility index (Phi) is 4.09. The van der Waals surface area contributed by atoms with Crippen molar-refractivity contribution >= 4 is 5.69 Å². The number of nitrogens with one attached hydrogen (secondary N) is 1. The molecular formula is C15H21N3O2. The summed E-state index contributed by atoms with van der Waals surface area (Å²) in [5.74, 6) is 1.07. The number of hydrogen-bond donors (Lipinski definition) is 1. The molecule has 0 aliphatic heterocycles. The lowest BCUT2D eigenvalue weighted by Crippen LogP contribution is -2.21. The monoisotopic (exact) mass is 275 g/mol. The van der Waals surface area contributed by atoms with E-state index < -0.39 is 0 Å². The highest BCUT2D eigenvalue weighted by Gasteiger charge is 2.30. The minimum atomic E-state index is -0.207. The first-order chi connectivity index (χ1) is 9.47. The second-order valence-corrected chi connectivity index (χ2v) is 5.74. The third-order valence-corrected chi connectivity index (χ3v) is 3.13. The molecule has 1 heterocycles. The van der Waals surface area contributed by atoms with E-state index in [4.69, 9.17) is 9.26 Å². The Morgan fingerprint density at radius 3 is 2.55 bits per heavy atom. The van der Waals surface area contributed by atoms with Crippen LogP contribution in [0.5, 0.6) is 0 Å². The molecule has 108 valence electrons. The van der Waals surface area contributed by atoms with Gasteiger partial charge in [0.2, 0.25) is 5.82 Å². The second-order valence-electron chi connectivity index (χ2n) is 5.74. The van der Waals surface area contributed by atoms with E-state index in [1.165, 1.54) is 0 Å². The van der Waals surface area contributed by atoms with Crippen molar-refractivity contribution in [2.75, 3.05) is 19.5 Å². The van der Waals surface area contributed by atoms with Crippen molar-refractivity contribution in [3.63, 3.8) is 0 Å². The first-order valence-electron chi connectivity index (χ1n) is 6.61. The molecule has 5 heteroatoms. The Balaban J connectivity index is 2.38. The number of methoxy groups -OCH3 is 1. The van der Waals surface area contributed by atoms with Crippen LogP contribution in [-0.2, 0) is 4.74 Å². The Labute approximate surface area is 119 Å². The number of rotatable bonds is 4. The lowest BCUT2D eigenvalue weighted by Gasteiger charge is -2.26. The Hall–Kier alpha value is -1.88. The molecule has 0 saturated heterocycles.